The van der Waals surface area contributed by atoms with E-state index in [1.54, 1.807) is 45.0 Å². The molecule has 0 aliphatic heterocycles. The van der Waals surface area contributed by atoms with Gasteiger partial charge in [0, 0.05) is 13.5 Å². The van der Waals surface area contributed by atoms with Gasteiger partial charge in [0.15, 0.2) is 0 Å². The minimum Gasteiger partial charge on any atom is -0.444 e. The van der Waals surface area contributed by atoms with E-state index in [4.69, 9.17) is 10.5 Å². The van der Waals surface area contributed by atoms with Crippen LogP contribution in [0.4, 0.5) is 16.3 Å². The summed E-state index contributed by atoms with van der Waals surface area (Å²) >= 11 is 0. The fourth-order valence-corrected chi connectivity index (χ4v) is 2.48. The lowest BCUT2D eigenvalue weighted by Gasteiger charge is -2.23. The van der Waals surface area contributed by atoms with E-state index in [0.29, 0.717) is 0 Å². The summed E-state index contributed by atoms with van der Waals surface area (Å²) in [6.07, 6.45) is -0.633. The Morgan fingerprint density at radius 1 is 1.21 bits per heavy atom. The van der Waals surface area contributed by atoms with Gasteiger partial charge in [0.05, 0.1) is 0 Å². The number of H-pyrrole nitrogens is 1. The zero-order valence-electron chi connectivity index (χ0n) is 16.7. The van der Waals surface area contributed by atoms with E-state index in [0.717, 1.165) is 10.1 Å². The van der Waals surface area contributed by atoms with Crippen LogP contribution in [0.15, 0.2) is 39.9 Å². The zero-order chi connectivity index (χ0) is 21.8. The number of hydrogen-bond acceptors (Lipinski definition) is 6. The van der Waals surface area contributed by atoms with Crippen LogP contribution in [0, 0.1) is 0 Å². The number of amides is 2. The highest BCUT2D eigenvalue weighted by atomic mass is 16.6. The number of rotatable bonds is 5. The number of hydrogen-bond donors (Lipinski definition) is 4. The number of alkyl carbamates (subject to hydrolysis) is 1. The van der Waals surface area contributed by atoms with Crippen molar-refractivity contribution in [2.75, 3.05) is 11.1 Å². The average molecular weight is 403 g/mol. The van der Waals surface area contributed by atoms with E-state index in [2.05, 4.69) is 15.6 Å². The summed E-state index contributed by atoms with van der Waals surface area (Å²) in [6.45, 7) is 5.09. The molecule has 0 saturated carbocycles. The number of aromatic amines is 1. The van der Waals surface area contributed by atoms with E-state index in [1.807, 2.05) is 6.07 Å². The molecule has 0 saturated heterocycles. The molecule has 2 rings (SSSR count). The summed E-state index contributed by atoms with van der Waals surface area (Å²) in [5, 5.41) is 4.91. The molecule has 0 aliphatic rings. The number of nitrogens with one attached hydrogen (secondary N) is 3. The normalized spacial score (nSPS) is 12.1. The lowest BCUT2D eigenvalue weighted by atomic mass is 10.1. The van der Waals surface area contributed by atoms with Gasteiger partial charge in [-0.05, 0) is 26.3 Å². The van der Waals surface area contributed by atoms with Gasteiger partial charge in [0.1, 0.15) is 23.1 Å². The summed E-state index contributed by atoms with van der Waals surface area (Å²) in [7, 11) is 1.35. The van der Waals surface area contributed by atoms with Gasteiger partial charge in [-0.2, -0.15) is 0 Å². The number of carbonyl (C=O) groups excluding carboxylic acids is 2. The van der Waals surface area contributed by atoms with Gasteiger partial charge >= 0.3 is 11.8 Å². The highest BCUT2D eigenvalue weighted by Crippen LogP contribution is 2.12. The number of nitrogens with two attached hydrogens (primary N) is 1. The number of ether oxygens (including phenoxy) is 1. The molecule has 5 N–H and O–H groups in total. The Morgan fingerprint density at radius 2 is 1.83 bits per heavy atom. The highest BCUT2D eigenvalue weighted by Gasteiger charge is 2.26. The maximum Gasteiger partial charge on any atom is 0.408 e. The highest BCUT2D eigenvalue weighted by molar-refractivity contribution is 5.98. The van der Waals surface area contributed by atoms with E-state index < -0.39 is 34.9 Å². The first kappa shape index (κ1) is 21.7. The molecule has 2 aromatic rings. The quantitative estimate of drug-likeness (QED) is 0.578. The Kier molecular flexibility index (Phi) is 6.47. The smallest absolute Gasteiger partial charge is 0.408 e. The Labute approximate surface area is 167 Å². The Bertz CT molecular complexity index is 1000. The van der Waals surface area contributed by atoms with Crippen LogP contribution in [0.3, 0.4) is 0 Å². The minimum atomic E-state index is -1.05. The van der Waals surface area contributed by atoms with Crippen LogP contribution in [0.25, 0.3) is 0 Å². The van der Waals surface area contributed by atoms with Crippen molar-refractivity contribution >= 4 is 23.5 Å². The predicted octanol–water partition coefficient (Wildman–Crippen LogP) is 0.730. The number of aromatic nitrogens is 2. The van der Waals surface area contributed by atoms with Crippen molar-refractivity contribution in [1.82, 2.24) is 14.9 Å². The summed E-state index contributed by atoms with van der Waals surface area (Å²) in [5.41, 5.74) is 3.99. The number of nitrogens with zero attached hydrogens (tertiary/aromatic N) is 1. The molecule has 1 aromatic carbocycles. The summed E-state index contributed by atoms with van der Waals surface area (Å²) in [5.74, 6) is -0.890. The van der Waals surface area contributed by atoms with Crippen molar-refractivity contribution in [3.05, 3.63) is 56.7 Å². The first-order chi connectivity index (χ1) is 13.5. The van der Waals surface area contributed by atoms with Crippen LogP contribution in [0.5, 0.6) is 0 Å². The fourth-order valence-electron chi connectivity index (χ4n) is 2.48. The van der Waals surface area contributed by atoms with Crippen molar-refractivity contribution in [2.45, 2.75) is 38.8 Å². The molecule has 2 amide bonds. The van der Waals surface area contributed by atoms with Crippen molar-refractivity contribution in [1.29, 1.82) is 0 Å². The van der Waals surface area contributed by atoms with Gasteiger partial charge in [0.2, 0.25) is 5.91 Å². The Morgan fingerprint density at radius 3 is 2.41 bits per heavy atom. The molecular formula is C19H25N5O5. The van der Waals surface area contributed by atoms with Crippen molar-refractivity contribution < 1.29 is 14.3 Å². The molecule has 1 aromatic heterocycles. The maximum atomic E-state index is 12.8. The third-order valence-electron chi connectivity index (χ3n) is 3.91. The average Bonchev–Trinajstić information content (AvgIpc) is 2.62. The molecular weight excluding hydrogens is 378 g/mol. The van der Waals surface area contributed by atoms with Crippen LogP contribution in [0.2, 0.25) is 0 Å². The van der Waals surface area contributed by atoms with Gasteiger partial charge in [-0.3, -0.25) is 19.1 Å². The van der Waals surface area contributed by atoms with Crippen LogP contribution in [-0.2, 0) is 23.0 Å². The molecule has 10 nitrogen and oxygen atoms in total. The van der Waals surface area contributed by atoms with Crippen LogP contribution in [0.1, 0.15) is 26.3 Å². The third-order valence-corrected chi connectivity index (χ3v) is 3.91. The largest absolute Gasteiger partial charge is 0.444 e. The molecule has 156 valence electrons. The van der Waals surface area contributed by atoms with E-state index in [9.17, 15) is 19.2 Å². The summed E-state index contributed by atoms with van der Waals surface area (Å²) in [4.78, 5) is 50.8. The second-order valence-electron chi connectivity index (χ2n) is 7.46. The molecule has 0 fully saturated rings. The van der Waals surface area contributed by atoms with Crippen LogP contribution < -0.4 is 27.6 Å². The van der Waals surface area contributed by atoms with Crippen molar-refractivity contribution in [2.24, 2.45) is 7.05 Å². The Hall–Kier alpha value is -3.56. The number of nitrogen functional groups attached to an aromatic ring is 1. The second kappa shape index (κ2) is 8.63. The van der Waals surface area contributed by atoms with Crippen LogP contribution >= 0.6 is 0 Å². The Balaban J connectivity index is 2.29. The first-order valence-corrected chi connectivity index (χ1v) is 8.91. The van der Waals surface area contributed by atoms with Gasteiger partial charge in [-0.15, -0.1) is 0 Å². The molecule has 0 radical (unpaired) electrons. The summed E-state index contributed by atoms with van der Waals surface area (Å²) in [6, 6.07) is 7.96. The lowest BCUT2D eigenvalue weighted by molar-refractivity contribution is -0.118. The molecule has 1 heterocycles. The second-order valence-corrected chi connectivity index (χ2v) is 7.46. The predicted molar refractivity (Wildman–Crippen MR) is 109 cm³/mol. The zero-order valence-corrected chi connectivity index (χ0v) is 16.7. The fraction of sp³-hybridized carbons (Fsp3) is 0.368. The minimum absolute atomic E-state index is 0.148. The maximum absolute atomic E-state index is 12.8. The summed E-state index contributed by atoms with van der Waals surface area (Å²) < 4.78 is 6.21. The van der Waals surface area contributed by atoms with Gasteiger partial charge in [-0.1, -0.05) is 30.3 Å². The number of carbonyl (C=O) groups is 2. The number of anilines is 2. The lowest BCUT2D eigenvalue weighted by Crippen LogP contribution is -2.48. The van der Waals surface area contributed by atoms with Crippen molar-refractivity contribution in [3.8, 4) is 0 Å². The third kappa shape index (κ3) is 5.96. The first-order valence-electron chi connectivity index (χ1n) is 8.91. The topological polar surface area (TPSA) is 148 Å². The van der Waals surface area contributed by atoms with Crippen LogP contribution in [-0.4, -0.2) is 33.2 Å². The molecule has 0 aliphatic carbocycles. The number of benzene rings is 1. The van der Waals surface area contributed by atoms with E-state index in [-0.39, 0.29) is 17.9 Å². The molecule has 10 heteroatoms. The standard InChI is InChI=1S/C19H25N5O5/c1-19(2,3)29-18(28)21-12(10-11-8-6-5-7-9-11)15(25)22-13-14(20)24(4)17(27)23-16(13)26/h5-9,12H,10,20H2,1-4H3,(H,21,28)(H,22,25)(H,23,26,27). The SMILES string of the molecule is Cn1c(N)c(NC(=O)C(Cc2ccccc2)NC(=O)OC(C)(C)C)c(=O)[nH]c1=O. The molecule has 29 heavy (non-hydrogen) atoms. The molecule has 0 spiro atoms. The van der Waals surface area contributed by atoms with E-state index in [1.165, 1.54) is 7.05 Å². The van der Waals surface area contributed by atoms with Gasteiger partial charge < -0.3 is 21.1 Å². The molecule has 1 unspecified atom stereocenters. The molecule has 0 bridgehead atoms. The van der Waals surface area contributed by atoms with Gasteiger partial charge in [-0.25, -0.2) is 9.59 Å². The molecule has 1 atom stereocenters. The van der Waals surface area contributed by atoms with Gasteiger partial charge in [0.25, 0.3) is 5.56 Å². The van der Waals surface area contributed by atoms with Crippen molar-refractivity contribution in [3.63, 3.8) is 0 Å². The van der Waals surface area contributed by atoms with E-state index >= 15 is 0 Å². The monoisotopic (exact) mass is 403 g/mol.